The van der Waals surface area contributed by atoms with Crippen LogP contribution in [0.4, 0.5) is 0 Å². The Morgan fingerprint density at radius 2 is 1.76 bits per heavy atom. The molecule has 5 nitrogen and oxygen atoms in total. The van der Waals surface area contributed by atoms with Gasteiger partial charge in [0, 0.05) is 0 Å². The molecule has 1 aromatic heterocycles. The highest BCUT2D eigenvalue weighted by Crippen LogP contribution is 2.39. The lowest BCUT2D eigenvalue weighted by Gasteiger charge is -2.08. The van der Waals surface area contributed by atoms with Gasteiger partial charge in [-0.05, 0) is 18.6 Å². The Hall–Kier alpha value is -2.17. The van der Waals surface area contributed by atoms with E-state index < -0.39 is 5.97 Å². The zero-order chi connectivity index (χ0) is 18.1. The summed E-state index contributed by atoms with van der Waals surface area (Å²) in [6, 6.07) is 5.41. The molecule has 2 rings (SSSR count). The summed E-state index contributed by atoms with van der Waals surface area (Å²) in [5.41, 5.74) is 0.550. The maximum atomic E-state index is 12.0. The van der Waals surface area contributed by atoms with Crippen LogP contribution < -0.4 is 9.47 Å². The standard InChI is InChI=1S/C20H28O5/c1-4-5-6-7-8-9-10-14-24-18-17-15(22-2)12-11-13-16(17)25-19(18)20(21)23-3/h11-13H,4-10,14H2,1-3H3. The average molecular weight is 348 g/mol. The second-order valence-corrected chi connectivity index (χ2v) is 6.06. The number of carbonyl (C=O) groups is 1. The quantitative estimate of drug-likeness (QED) is 0.404. The predicted octanol–water partition coefficient (Wildman–Crippen LogP) is 5.36. The lowest BCUT2D eigenvalue weighted by atomic mass is 10.1. The van der Waals surface area contributed by atoms with Crippen LogP contribution in [0.15, 0.2) is 22.6 Å². The number of methoxy groups -OCH3 is 2. The van der Waals surface area contributed by atoms with Gasteiger partial charge in [0.2, 0.25) is 0 Å². The van der Waals surface area contributed by atoms with Gasteiger partial charge in [0.1, 0.15) is 16.7 Å². The number of fused-ring (bicyclic) bond motifs is 1. The molecular weight excluding hydrogens is 320 g/mol. The van der Waals surface area contributed by atoms with E-state index in [9.17, 15) is 4.79 Å². The van der Waals surface area contributed by atoms with Crippen LogP contribution in [0.25, 0.3) is 11.0 Å². The summed E-state index contributed by atoms with van der Waals surface area (Å²) in [7, 11) is 2.91. The molecule has 1 aromatic carbocycles. The van der Waals surface area contributed by atoms with Crippen LogP contribution in [-0.2, 0) is 4.74 Å². The van der Waals surface area contributed by atoms with E-state index in [4.69, 9.17) is 18.6 Å². The Kier molecular flexibility index (Phi) is 7.64. The molecule has 0 saturated carbocycles. The molecular formula is C20H28O5. The Morgan fingerprint density at radius 3 is 2.44 bits per heavy atom. The van der Waals surface area contributed by atoms with Crippen LogP contribution in [0.2, 0.25) is 0 Å². The third-order valence-corrected chi connectivity index (χ3v) is 4.22. The molecule has 138 valence electrons. The summed E-state index contributed by atoms with van der Waals surface area (Å²) < 4.78 is 21.7. The van der Waals surface area contributed by atoms with Crippen molar-refractivity contribution in [1.29, 1.82) is 0 Å². The first-order valence-corrected chi connectivity index (χ1v) is 9.03. The fourth-order valence-corrected chi connectivity index (χ4v) is 2.86. The van der Waals surface area contributed by atoms with Gasteiger partial charge in [-0.3, -0.25) is 0 Å². The lowest BCUT2D eigenvalue weighted by molar-refractivity contribution is 0.0561. The van der Waals surface area contributed by atoms with E-state index in [2.05, 4.69) is 6.92 Å². The summed E-state index contributed by atoms with van der Waals surface area (Å²) >= 11 is 0. The lowest BCUT2D eigenvalue weighted by Crippen LogP contribution is -2.05. The topological polar surface area (TPSA) is 57.9 Å². The fourth-order valence-electron chi connectivity index (χ4n) is 2.86. The van der Waals surface area contributed by atoms with Gasteiger partial charge >= 0.3 is 5.97 Å². The predicted molar refractivity (Wildman–Crippen MR) is 97.6 cm³/mol. The fraction of sp³-hybridized carbons (Fsp3) is 0.550. The first-order valence-electron chi connectivity index (χ1n) is 9.03. The minimum atomic E-state index is -0.548. The molecule has 2 aromatic rings. The van der Waals surface area contributed by atoms with Crippen molar-refractivity contribution < 1.29 is 23.4 Å². The number of rotatable bonds is 11. The minimum Gasteiger partial charge on any atom is -0.496 e. The molecule has 0 fully saturated rings. The van der Waals surface area contributed by atoms with E-state index >= 15 is 0 Å². The summed E-state index contributed by atoms with van der Waals surface area (Å²) in [4.78, 5) is 12.0. The molecule has 25 heavy (non-hydrogen) atoms. The maximum Gasteiger partial charge on any atom is 0.377 e. The van der Waals surface area contributed by atoms with E-state index in [0.717, 1.165) is 12.8 Å². The van der Waals surface area contributed by atoms with E-state index in [0.29, 0.717) is 29.1 Å². The number of ether oxygens (including phenoxy) is 3. The van der Waals surface area contributed by atoms with Crippen LogP contribution >= 0.6 is 0 Å². The number of benzene rings is 1. The average Bonchev–Trinajstić information content (AvgIpc) is 3.02. The van der Waals surface area contributed by atoms with Crippen LogP contribution in [0.1, 0.15) is 62.4 Å². The zero-order valence-corrected chi connectivity index (χ0v) is 15.4. The number of carbonyl (C=O) groups excluding carboxylic acids is 1. The number of furan rings is 1. The number of hydrogen-bond acceptors (Lipinski definition) is 5. The van der Waals surface area contributed by atoms with Gasteiger partial charge in [0.25, 0.3) is 5.76 Å². The van der Waals surface area contributed by atoms with Crippen molar-refractivity contribution in [2.24, 2.45) is 0 Å². The van der Waals surface area contributed by atoms with E-state index in [1.807, 2.05) is 12.1 Å². The van der Waals surface area contributed by atoms with E-state index in [1.165, 1.54) is 39.2 Å². The van der Waals surface area contributed by atoms with Gasteiger partial charge in [-0.2, -0.15) is 0 Å². The Bertz CT molecular complexity index is 674. The Balaban J connectivity index is 2.04. The highest BCUT2D eigenvalue weighted by molar-refractivity contribution is 6.01. The van der Waals surface area contributed by atoms with Crippen molar-refractivity contribution >= 4 is 16.9 Å². The molecule has 0 aliphatic rings. The minimum absolute atomic E-state index is 0.0879. The van der Waals surface area contributed by atoms with Gasteiger partial charge in [0.15, 0.2) is 5.75 Å². The van der Waals surface area contributed by atoms with Crippen molar-refractivity contribution in [1.82, 2.24) is 0 Å². The molecule has 0 radical (unpaired) electrons. The molecule has 1 heterocycles. The second-order valence-electron chi connectivity index (χ2n) is 6.06. The van der Waals surface area contributed by atoms with Gasteiger partial charge < -0.3 is 18.6 Å². The van der Waals surface area contributed by atoms with E-state index in [-0.39, 0.29) is 5.76 Å². The molecule has 0 aliphatic heterocycles. The molecule has 0 unspecified atom stereocenters. The molecule has 0 atom stereocenters. The van der Waals surface area contributed by atoms with Gasteiger partial charge in [0.05, 0.1) is 20.8 Å². The molecule has 0 N–H and O–H groups in total. The van der Waals surface area contributed by atoms with Crippen molar-refractivity contribution in [2.75, 3.05) is 20.8 Å². The van der Waals surface area contributed by atoms with Crippen LogP contribution in [-0.4, -0.2) is 26.8 Å². The van der Waals surface area contributed by atoms with E-state index in [1.54, 1.807) is 13.2 Å². The first kappa shape index (κ1) is 19.2. The zero-order valence-electron chi connectivity index (χ0n) is 15.4. The number of esters is 1. The molecule has 0 saturated heterocycles. The molecule has 0 amide bonds. The van der Waals surface area contributed by atoms with Crippen molar-refractivity contribution in [3.05, 3.63) is 24.0 Å². The third kappa shape index (κ3) is 4.91. The van der Waals surface area contributed by atoms with Crippen molar-refractivity contribution in [3.63, 3.8) is 0 Å². The van der Waals surface area contributed by atoms with Crippen molar-refractivity contribution in [3.8, 4) is 11.5 Å². The molecule has 0 bridgehead atoms. The summed E-state index contributed by atoms with van der Waals surface area (Å²) in [5, 5.41) is 0.674. The number of unbranched alkanes of at least 4 members (excludes halogenated alkanes) is 6. The molecule has 0 aliphatic carbocycles. The highest BCUT2D eigenvalue weighted by atomic mass is 16.5. The van der Waals surface area contributed by atoms with Gasteiger partial charge in [-0.25, -0.2) is 4.79 Å². The Labute approximate surface area is 149 Å². The monoisotopic (exact) mass is 348 g/mol. The summed E-state index contributed by atoms with van der Waals surface area (Å²) in [6.45, 7) is 2.75. The molecule has 0 spiro atoms. The largest absolute Gasteiger partial charge is 0.496 e. The summed E-state index contributed by atoms with van der Waals surface area (Å²) in [5.74, 6) is 0.564. The normalized spacial score (nSPS) is 10.8. The summed E-state index contributed by atoms with van der Waals surface area (Å²) in [6.07, 6.45) is 8.40. The smallest absolute Gasteiger partial charge is 0.377 e. The van der Waals surface area contributed by atoms with Gasteiger partial charge in [-0.1, -0.05) is 51.5 Å². The first-order chi connectivity index (χ1) is 12.2. The second kappa shape index (κ2) is 9.97. The number of hydrogen-bond donors (Lipinski definition) is 0. The van der Waals surface area contributed by atoms with Crippen LogP contribution in [0.5, 0.6) is 11.5 Å². The Morgan fingerprint density at radius 1 is 1.04 bits per heavy atom. The third-order valence-electron chi connectivity index (χ3n) is 4.22. The van der Waals surface area contributed by atoms with Crippen LogP contribution in [0, 0.1) is 0 Å². The van der Waals surface area contributed by atoms with Gasteiger partial charge in [-0.15, -0.1) is 0 Å². The van der Waals surface area contributed by atoms with Crippen LogP contribution in [0.3, 0.4) is 0 Å². The SMILES string of the molecule is CCCCCCCCCOc1c(C(=O)OC)oc2cccc(OC)c12. The maximum absolute atomic E-state index is 12.0. The molecule has 5 heteroatoms. The highest BCUT2D eigenvalue weighted by Gasteiger charge is 2.25. The van der Waals surface area contributed by atoms with Crippen molar-refractivity contribution in [2.45, 2.75) is 51.9 Å².